The van der Waals surface area contributed by atoms with Crippen LogP contribution in [0.1, 0.15) is 37.4 Å². The third-order valence-corrected chi connectivity index (χ3v) is 7.65. The number of aromatic nitrogens is 2. The quantitative estimate of drug-likeness (QED) is 0.104. The first kappa shape index (κ1) is 31.5. The lowest BCUT2D eigenvalue weighted by Crippen LogP contribution is -2.45. The van der Waals surface area contributed by atoms with Gasteiger partial charge in [0.05, 0.1) is 32.0 Å². The van der Waals surface area contributed by atoms with E-state index in [1.165, 1.54) is 38.1 Å². The normalized spacial score (nSPS) is 24.0. The van der Waals surface area contributed by atoms with Crippen LogP contribution in [0.5, 0.6) is 5.75 Å². The van der Waals surface area contributed by atoms with Gasteiger partial charge in [0.25, 0.3) is 5.56 Å². The highest BCUT2D eigenvalue weighted by Gasteiger charge is 2.55. The van der Waals surface area contributed by atoms with Gasteiger partial charge in [0.2, 0.25) is 0 Å². The van der Waals surface area contributed by atoms with Crippen LogP contribution in [0.4, 0.5) is 0 Å². The summed E-state index contributed by atoms with van der Waals surface area (Å²) in [6.45, 7) is 3.73. The van der Waals surface area contributed by atoms with E-state index < -0.39 is 67.6 Å². The van der Waals surface area contributed by atoms with E-state index in [9.17, 15) is 28.8 Å². The largest absolute Gasteiger partial charge is 0.468 e. The summed E-state index contributed by atoms with van der Waals surface area (Å²) in [5, 5.41) is 17.1. The van der Waals surface area contributed by atoms with Crippen molar-refractivity contribution in [1.29, 1.82) is 0 Å². The highest BCUT2D eigenvalue weighted by molar-refractivity contribution is 7.52. The summed E-state index contributed by atoms with van der Waals surface area (Å²) in [6.07, 6.45) is -3.28. The van der Waals surface area contributed by atoms with Gasteiger partial charge in [0.15, 0.2) is 6.23 Å². The topological polar surface area (TPSA) is 233 Å². The van der Waals surface area contributed by atoms with Crippen LogP contribution in [-0.2, 0) is 28.1 Å². The van der Waals surface area contributed by atoms with E-state index >= 15 is 0 Å². The second-order valence-electron chi connectivity index (χ2n) is 8.91. The van der Waals surface area contributed by atoms with Gasteiger partial charge < -0.3 is 23.8 Å². The molecule has 0 radical (unpaired) electrons. The molecule has 17 nitrogen and oxygen atoms in total. The summed E-state index contributed by atoms with van der Waals surface area (Å²) in [5.74, 6) is -1.55. The second kappa shape index (κ2) is 13.1. The Kier molecular flexibility index (Phi) is 10.1. The van der Waals surface area contributed by atoms with E-state index in [1.54, 1.807) is 6.92 Å². The average Bonchev–Trinajstić information content (AvgIpc) is 3.16. The predicted molar refractivity (Wildman–Crippen MR) is 140 cm³/mol. The number of ether oxygens (including phenoxy) is 3. The molecular weight excluding hydrogens is 567 g/mol. The number of aliphatic hydroxyl groups is 1. The molecule has 1 aliphatic rings. The van der Waals surface area contributed by atoms with E-state index in [-0.39, 0.29) is 17.9 Å². The molecule has 222 valence electrons. The number of carbonyl (C=O) groups is 2. The Morgan fingerprint density at radius 3 is 2.73 bits per heavy atom. The van der Waals surface area contributed by atoms with Gasteiger partial charge in [-0.25, -0.2) is 14.2 Å². The first-order valence-corrected chi connectivity index (χ1v) is 13.7. The van der Waals surface area contributed by atoms with Gasteiger partial charge in [-0.3, -0.25) is 23.7 Å². The van der Waals surface area contributed by atoms with E-state index in [2.05, 4.69) is 19.9 Å². The number of nitrogens with one attached hydrogen (secondary N) is 2. The summed E-state index contributed by atoms with van der Waals surface area (Å²) in [6, 6.07) is 5.34. The number of aromatic amines is 1. The van der Waals surface area contributed by atoms with Gasteiger partial charge in [0, 0.05) is 17.2 Å². The SMILES string of the molecule is CCOC(=O)c1cccc(OP(=O)(N[C@@H](C)C(=O)OC)OC[C@H]2O[C@@H](n3ccc(=O)[nH]c3=O)[C@](C)(N=[N+]=[N-])[C@@H]2O)c1. The number of azide groups is 1. The molecule has 1 unspecified atom stereocenters. The van der Waals surface area contributed by atoms with Crippen LogP contribution in [0.2, 0.25) is 0 Å². The summed E-state index contributed by atoms with van der Waals surface area (Å²) >= 11 is 0. The molecule has 1 fully saturated rings. The van der Waals surface area contributed by atoms with Gasteiger partial charge >= 0.3 is 25.4 Å². The van der Waals surface area contributed by atoms with E-state index in [4.69, 9.17) is 24.1 Å². The van der Waals surface area contributed by atoms with Crippen molar-refractivity contribution in [2.45, 2.75) is 50.8 Å². The third-order valence-electron chi connectivity index (χ3n) is 6.00. The molecule has 0 aliphatic carbocycles. The fourth-order valence-corrected chi connectivity index (χ4v) is 5.45. The average molecular weight is 596 g/mol. The summed E-state index contributed by atoms with van der Waals surface area (Å²) in [7, 11) is -3.37. The first-order chi connectivity index (χ1) is 19.4. The lowest BCUT2D eigenvalue weighted by Gasteiger charge is -2.28. The summed E-state index contributed by atoms with van der Waals surface area (Å²) < 4.78 is 41.2. The number of rotatable bonds is 12. The molecule has 1 aromatic carbocycles. The number of benzene rings is 1. The lowest BCUT2D eigenvalue weighted by molar-refractivity contribution is -0.142. The molecular formula is C23H29N6O11P. The van der Waals surface area contributed by atoms with Gasteiger partial charge in [-0.1, -0.05) is 11.2 Å². The molecule has 0 bridgehead atoms. The Balaban J connectivity index is 1.91. The molecule has 3 N–H and O–H groups in total. The molecule has 2 heterocycles. The molecule has 0 spiro atoms. The molecule has 1 aromatic heterocycles. The molecule has 6 atom stereocenters. The predicted octanol–water partition coefficient (Wildman–Crippen LogP) is 1.40. The van der Waals surface area contributed by atoms with Crippen LogP contribution in [0.25, 0.3) is 10.4 Å². The molecule has 1 aliphatic heterocycles. The smallest absolute Gasteiger partial charge is 0.459 e. The van der Waals surface area contributed by atoms with Crippen molar-refractivity contribution in [3.8, 4) is 5.75 Å². The van der Waals surface area contributed by atoms with Crippen LogP contribution >= 0.6 is 7.75 Å². The van der Waals surface area contributed by atoms with Crippen LogP contribution < -0.4 is 20.9 Å². The zero-order chi connectivity index (χ0) is 30.4. The molecule has 1 saturated heterocycles. The molecule has 0 amide bonds. The van der Waals surface area contributed by atoms with Crippen molar-refractivity contribution < 1.29 is 42.5 Å². The van der Waals surface area contributed by atoms with Crippen LogP contribution in [0.3, 0.4) is 0 Å². The number of hydrogen-bond donors (Lipinski definition) is 3. The van der Waals surface area contributed by atoms with Gasteiger partial charge in [0.1, 0.15) is 23.4 Å². The highest BCUT2D eigenvalue weighted by atomic mass is 31.2. The number of nitrogens with zero attached hydrogens (tertiary/aromatic N) is 4. The second-order valence-corrected chi connectivity index (χ2v) is 10.6. The zero-order valence-corrected chi connectivity index (χ0v) is 23.3. The van der Waals surface area contributed by atoms with Gasteiger partial charge in [-0.2, -0.15) is 5.09 Å². The minimum absolute atomic E-state index is 0.0887. The van der Waals surface area contributed by atoms with E-state index in [0.717, 1.165) is 23.9 Å². The number of esters is 2. The number of aliphatic hydroxyl groups excluding tert-OH is 1. The van der Waals surface area contributed by atoms with Crippen LogP contribution in [-0.4, -0.2) is 70.7 Å². The van der Waals surface area contributed by atoms with Crippen LogP contribution in [0, 0.1) is 0 Å². The van der Waals surface area contributed by atoms with E-state index in [1.807, 2.05) is 4.98 Å². The van der Waals surface area contributed by atoms with Crippen molar-refractivity contribution >= 4 is 19.7 Å². The Morgan fingerprint density at radius 1 is 1.37 bits per heavy atom. The third kappa shape index (κ3) is 7.21. The number of H-pyrrole nitrogens is 1. The Morgan fingerprint density at radius 2 is 2.10 bits per heavy atom. The highest BCUT2D eigenvalue weighted by Crippen LogP contribution is 2.47. The maximum Gasteiger partial charge on any atom is 0.459 e. The molecule has 41 heavy (non-hydrogen) atoms. The fourth-order valence-electron chi connectivity index (χ4n) is 3.96. The lowest BCUT2D eigenvalue weighted by atomic mass is 9.93. The number of carbonyl (C=O) groups excluding carboxylic acids is 2. The monoisotopic (exact) mass is 596 g/mol. The maximum absolute atomic E-state index is 13.8. The minimum Gasteiger partial charge on any atom is -0.468 e. The van der Waals surface area contributed by atoms with Crippen molar-refractivity contribution in [3.05, 3.63) is 73.4 Å². The Bertz CT molecular complexity index is 1490. The molecule has 3 rings (SSSR count). The van der Waals surface area contributed by atoms with Gasteiger partial charge in [-0.05, 0) is 44.5 Å². The van der Waals surface area contributed by atoms with E-state index in [0.29, 0.717) is 0 Å². The Hall–Kier alpha value is -3.98. The summed E-state index contributed by atoms with van der Waals surface area (Å²) in [5.41, 5.74) is 5.85. The summed E-state index contributed by atoms with van der Waals surface area (Å²) in [4.78, 5) is 52.9. The first-order valence-electron chi connectivity index (χ1n) is 12.2. The number of hydrogen-bond acceptors (Lipinski definition) is 12. The van der Waals surface area contributed by atoms with Crippen molar-refractivity contribution in [2.75, 3.05) is 20.3 Å². The van der Waals surface area contributed by atoms with Crippen molar-refractivity contribution in [3.63, 3.8) is 0 Å². The van der Waals surface area contributed by atoms with Crippen molar-refractivity contribution in [1.82, 2.24) is 14.6 Å². The molecule has 2 aromatic rings. The molecule has 0 saturated carbocycles. The van der Waals surface area contributed by atoms with Crippen molar-refractivity contribution in [2.24, 2.45) is 5.11 Å². The fraction of sp³-hybridized carbons (Fsp3) is 0.478. The maximum atomic E-state index is 13.8. The standard InChI is InChI=1S/C23H29N6O11P/c1-5-37-20(33)14-7-6-8-15(11-14)40-41(35,26-13(2)19(32)36-4)38-12-16-18(31)23(3,27-28-24)21(39-16)29-10-9-17(30)25-22(29)34/h6-11,13,16,18,21,31H,5,12H2,1-4H3,(H,26,35)(H,25,30,34)/t13-,16+,18+,21+,23+,41?/m0/s1. The van der Waals surface area contributed by atoms with Crippen LogP contribution in [0.15, 0.2) is 51.2 Å². The molecule has 18 heteroatoms. The number of methoxy groups -OCH3 is 1. The zero-order valence-electron chi connectivity index (χ0n) is 22.5. The Labute approximate surface area is 232 Å². The minimum atomic E-state index is -4.49. The van der Waals surface area contributed by atoms with Gasteiger partial charge in [-0.15, -0.1) is 0 Å².